The molecule has 1 saturated carbocycles. The van der Waals surface area contributed by atoms with Gasteiger partial charge in [-0.3, -0.25) is 0 Å². The first-order valence-electron chi connectivity index (χ1n) is 6.63. The summed E-state index contributed by atoms with van der Waals surface area (Å²) in [5.74, 6) is 2.29. The second kappa shape index (κ2) is 5.34. The Morgan fingerprint density at radius 2 is 2.00 bits per heavy atom. The van der Waals surface area contributed by atoms with Crippen molar-refractivity contribution in [2.24, 2.45) is 23.2 Å². The highest BCUT2D eigenvalue weighted by molar-refractivity contribution is 4.89. The molecule has 0 bridgehead atoms. The van der Waals surface area contributed by atoms with Crippen molar-refractivity contribution in [3.8, 4) is 0 Å². The molecule has 3 unspecified atom stereocenters. The van der Waals surface area contributed by atoms with Crippen molar-refractivity contribution < 1.29 is 5.11 Å². The Balaban J connectivity index is 2.39. The van der Waals surface area contributed by atoms with Gasteiger partial charge in [-0.05, 0) is 48.9 Å². The Labute approximate surface area is 95.3 Å². The van der Waals surface area contributed by atoms with E-state index in [1.165, 1.54) is 25.7 Å². The first-order valence-corrected chi connectivity index (χ1v) is 6.63. The summed E-state index contributed by atoms with van der Waals surface area (Å²) in [7, 11) is 0. The van der Waals surface area contributed by atoms with Gasteiger partial charge in [-0.15, -0.1) is 0 Å². The Kier molecular flexibility index (Phi) is 4.64. The molecule has 1 rings (SSSR count). The molecule has 0 aromatic carbocycles. The Morgan fingerprint density at radius 1 is 1.33 bits per heavy atom. The van der Waals surface area contributed by atoms with E-state index in [1.54, 1.807) is 0 Å². The minimum atomic E-state index is 0.374. The van der Waals surface area contributed by atoms with E-state index in [4.69, 9.17) is 0 Å². The molecular formula is C14H28O. The Morgan fingerprint density at radius 3 is 2.40 bits per heavy atom. The van der Waals surface area contributed by atoms with E-state index in [0.717, 1.165) is 18.3 Å². The number of aliphatic hydroxyl groups excluding tert-OH is 1. The highest BCUT2D eigenvalue weighted by Gasteiger charge is 2.39. The van der Waals surface area contributed by atoms with Crippen molar-refractivity contribution >= 4 is 0 Å². The molecule has 1 N–H and O–H groups in total. The first-order chi connectivity index (χ1) is 7.02. The molecule has 0 radical (unpaired) electrons. The minimum absolute atomic E-state index is 0.374. The number of aliphatic hydroxyl groups is 1. The summed E-state index contributed by atoms with van der Waals surface area (Å²) < 4.78 is 0. The van der Waals surface area contributed by atoms with Crippen LogP contribution in [0.5, 0.6) is 0 Å². The van der Waals surface area contributed by atoms with Crippen LogP contribution in [0.25, 0.3) is 0 Å². The topological polar surface area (TPSA) is 20.2 Å². The van der Waals surface area contributed by atoms with Crippen LogP contribution in [0.4, 0.5) is 0 Å². The Bertz CT molecular complexity index is 182. The zero-order chi connectivity index (χ0) is 11.5. The summed E-state index contributed by atoms with van der Waals surface area (Å²) in [5, 5.41) is 9.18. The lowest BCUT2D eigenvalue weighted by molar-refractivity contribution is 0.160. The summed E-state index contributed by atoms with van der Waals surface area (Å²) in [4.78, 5) is 0. The third-order valence-corrected chi connectivity index (χ3v) is 5.03. The molecule has 0 saturated heterocycles. The van der Waals surface area contributed by atoms with Crippen molar-refractivity contribution in [2.45, 2.75) is 59.8 Å². The molecule has 0 aromatic rings. The fraction of sp³-hybridized carbons (Fsp3) is 1.00. The monoisotopic (exact) mass is 212 g/mol. The Hall–Kier alpha value is -0.0400. The molecule has 0 spiro atoms. The van der Waals surface area contributed by atoms with Gasteiger partial charge in [-0.2, -0.15) is 0 Å². The zero-order valence-electron chi connectivity index (χ0n) is 10.9. The standard InChI is InChI=1S/C14H28O/c1-5-12(10-15)7-9-13-8-6-11(2)14(13,3)4/h11-13,15H,5-10H2,1-4H3. The first kappa shape index (κ1) is 13.0. The van der Waals surface area contributed by atoms with E-state index in [2.05, 4.69) is 27.7 Å². The molecule has 0 aliphatic heterocycles. The van der Waals surface area contributed by atoms with Crippen LogP contribution in [0.3, 0.4) is 0 Å². The van der Waals surface area contributed by atoms with Gasteiger partial charge >= 0.3 is 0 Å². The highest BCUT2D eigenvalue weighted by Crippen LogP contribution is 2.49. The molecule has 1 fully saturated rings. The lowest BCUT2D eigenvalue weighted by Crippen LogP contribution is -2.24. The molecule has 15 heavy (non-hydrogen) atoms. The number of rotatable bonds is 5. The van der Waals surface area contributed by atoms with Crippen molar-refractivity contribution in [3.05, 3.63) is 0 Å². The molecule has 1 nitrogen and oxygen atoms in total. The second-order valence-corrected chi connectivity index (χ2v) is 6.03. The van der Waals surface area contributed by atoms with Gasteiger partial charge in [0.1, 0.15) is 0 Å². The average molecular weight is 212 g/mol. The number of hydrogen-bond donors (Lipinski definition) is 1. The van der Waals surface area contributed by atoms with Crippen LogP contribution < -0.4 is 0 Å². The van der Waals surface area contributed by atoms with Gasteiger partial charge in [-0.25, -0.2) is 0 Å². The lowest BCUT2D eigenvalue weighted by Gasteiger charge is -2.32. The lowest BCUT2D eigenvalue weighted by atomic mass is 9.74. The van der Waals surface area contributed by atoms with Crippen LogP contribution >= 0.6 is 0 Å². The molecule has 1 heteroatoms. The van der Waals surface area contributed by atoms with E-state index in [1.807, 2.05) is 0 Å². The van der Waals surface area contributed by atoms with E-state index >= 15 is 0 Å². The molecular weight excluding hydrogens is 184 g/mol. The minimum Gasteiger partial charge on any atom is -0.396 e. The SMILES string of the molecule is CCC(CO)CCC1CCC(C)C1(C)C. The van der Waals surface area contributed by atoms with Crippen molar-refractivity contribution in [1.82, 2.24) is 0 Å². The molecule has 1 aliphatic rings. The van der Waals surface area contributed by atoms with Gasteiger partial charge < -0.3 is 5.11 Å². The van der Waals surface area contributed by atoms with E-state index in [9.17, 15) is 5.11 Å². The molecule has 0 amide bonds. The van der Waals surface area contributed by atoms with Crippen LogP contribution in [0.15, 0.2) is 0 Å². The van der Waals surface area contributed by atoms with Gasteiger partial charge in [0.15, 0.2) is 0 Å². The molecule has 90 valence electrons. The van der Waals surface area contributed by atoms with Crippen molar-refractivity contribution in [1.29, 1.82) is 0 Å². The molecule has 3 atom stereocenters. The predicted octanol–water partition coefficient (Wildman–Crippen LogP) is 3.86. The largest absolute Gasteiger partial charge is 0.396 e. The average Bonchev–Trinajstić information content (AvgIpc) is 2.45. The van der Waals surface area contributed by atoms with Gasteiger partial charge in [0, 0.05) is 6.61 Å². The fourth-order valence-electron chi connectivity index (χ4n) is 2.98. The quantitative estimate of drug-likeness (QED) is 0.733. The van der Waals surface area contributed by atoms with E-state index < -0.39 is 0 Å². The van der Waals surface area contributed by atoms with Crippen LogP contribution in [0, 0.1) is 23.2 Å². The van der Waals surface area contributed by atoms with Crippen molar-refractivity contribution in [2.75, 3.05) is 6.61 Å². The summed E-state index contributed by atoms with van der Waals surface area (Å²) >= 11 is 0. The van der Waals surface area contributed by atoms with Crippen LogP contribution in [0.2, 0.25) is 0 Å². The third-order valence-electron chi connectivity index (χ3n) is 5.03. The summed E-state index contributed by atoms with van der Waals surface area (Å²) in [5.41, 5.74) is 0.522. The van der Waals surface area contributed by atoms with Gasteiger partial charge in [0.25, 0.3) is 0 Å². The predicted molar refractivity (Wildman–Crippen MR) is 65.8 cm³/mol. The van der Waals surface area contributed by atoms with Gasteiger partial charge in [0.2, 0.25) is 0 Å². The third kappa shape index (κ3) is 2.96. The maximum atomic E-state index is 9.18. The summed E-state index contributed by atoms with van der Waals surface area (Å²) in [6, 6.07) is 0. The van der Waals surface area contributed by atoms with Gasteiger partial charge in [-0.1, -0.05) is 34.1 Å². The van der Waals surface area contributed by atoms with Crippen molar-refractivity contribution in [3.63, 3.8) is 0 Å². The molecule has 0 heterocycles. The maximum absolute atomic E-state index is 9.18. The van der Waals surface area contributed by atoms with E-state index in [0.29, 0.717) is 17.9 Å². The van der Waals surface area contributed by atoms with Crippen LogP contribution in [-0.2, 0) is 0 Å². The molecule has 1 aliphatic carbocycles. The summed E-state index contributed by atoms with van der Waals surface area (Å²) in [6.45, 7) is 9.80. The normalized spacial score (nSPS) is 31.8. The maximum Gasteiger partial charge on any atom is 0.0459 e. The molecule has 0 aromatic heterocycles. The fourth-order valence-corrected chi connectivity index (χ4v) is 2.98. The summed E-state index contributed by atoms with van der Waals surface area (Å²) in [6.07, 6.45) is 6.45. The van der Waals surface area contributed by atoms with E-state index in [-0.39, 0.29) is 0 Å². The van der Waals surface area contributed by atoms with Gasteiger partial charge in [0.05, 0.1) is 0 Å². The zero-order valence-corrected chi connectivity index (χ0v) is 10.9. The van der Waals surface area contributed by atoms with Crippen LogP contribution in [0.1, 0.15) is 59.8 Å². The van der Waals surface area contributed by atoms with Crippen LogP contribution in [-0.4, -0.2) is 11.7 Å². The number of hydrogen-bond acceptors (Lipinski definition) is 1. The smallest absolute Gasteiger partial charge is 0.0459 e. The second-order valence-electron chi connectivity index (χ2n) is 6.03. The highest BCUT2D eigenvalue weighted by atomic mass is 16.3.